The highest BCUT2D eigenvalue weighted by atomic mass is 16.5. The van der Waals surface area contributed by atoms with Gasteiger partial charge in [-0.15, -0.1) is 0 Å². The fourth-order valence-corrected chi connectivity index (χ4v) is 4.35. The predicted molar refractivity (Wildman–Crippen MR) is 128 cm³/mol. The van der Waals surface area contributed by atoms with Gasteiger partial charge in [0.25, 0.3) is 5.91 Å². The number of anilines is 2. The number of carbonyl (C=O) groups is 2. The van der Waals surface area contributed by atoms with Crippen molar-refractivity contribution in [3.05, 3.63) is 59.2 Å². The van der Waals surface area contributed by atoms with Crippen LogP contribution in [0.3, 0.4) is 0 Å². The van der Waals surface area contributed by atoms with E-state index in [1.54, 1.807) is 6.07 Å². The number of fused-ring (bicyclic) bond motifs is 1. The van der Waals surface area contributed by atoms with Crippen LogP contribution >= 0.6 is 0 Å². The Morgan fingerprint density at radius 1 is 1.06 bits per heavy atom. The molecule has 0 aromatic heterocycles. The van der Waals surface area contributed by atoms with Gasteiger partial charge in [-0.1, -0.05) is 24.3 Å². The van der Waals surface area contributed by atoms with Crippen molar-refractivity contribution in [1.29, 1.82) is 0 Å². The van der Waals surface area contributed by atoms with Gasteiger partial charge in [0.15, 0.2) is 0 Å². The van der Waals surface area contributed by atoms with E-state index in [0.29, 0.717) is 17.8 Å². The van der Waals surface area contributed by atoms with Gasteiger partial charge in [-0.25, -0.2) is 0 Å². The zero-order valence-corrected chi connectivity index (χ0v) is 19.1. The predicted octanol–water partition coefficient (Wildman–Crippen LogP) is 1.90. The topological polar surface area (TPSA) is 83.1 Å². The van der Waals surface area contributed by atoms with E-state index in [2.05, 4.69) is 44.7 Å². The number of carbonyl (C=O) groups excluding carboxylic acids is 2. The van der Waals surface area contributed by atoms with Crippen LogP contribution in [0.4, 0.5) is 11.4 Å². The molecule has 2 heterocycles. The zero-order chi connectivity index (χ0) is 23.0. The van der Waals surface area contributed by atoms with Gasteiger partial charge in [-0.2, -0.15) is 0 Å². The summed E-state index contributed by atoms with van der Waals surface area (Å²) >= 11 is 0. The minimum Gasteiger partial charge on any atom is -0.379 e. The van der Waals surface area contributed by atoms with Crippen LogP contribution in [0.25, 0.3) is 0 Å². The minimum absolute atomic E-state index is 0.0360. The van der Waals surface area contributed by atoms with E-state index in [1.807, 2.05) is 12.1 Å². The molecule has 0 saturated carbocycles. The van der Waals surface area contributed by atoms with Crippen molar-refractivity contribution in [3.63, 3.8) is 0 Å². The molecule has 0 aliphatic carbocycles. The molecule has 33 heavy (non-hydrogen) atoms. The lowest BCUT2D eigenvalue weighted by molar-refractivity contribution is -0.119. The molecule has 8 heteroatoms. The number of benzene rings is 2. The molecule has 2 N–H and O–H groups in total. The van der Waals surface area contributed by atoms with Crippen molar-refractivity contribution in [1.82, 2.24) is 10.2 Å². The van der Waals surface area contributed by atoms with Crippen LogP contribution in [-0.4, -0.2) is 76.4 Å². The van der Waals surface area contributed by atoms with Gasteiger partial charge in [0.2, 0.25) is 5.91 Å². The summed E-state index contributed by atoms with van der Waals surface area (Å²) in [6.45, 7) is 6.12. The molecule has 2 amide bonds. The first-order chi connectivity index (χ1) is 16.1. The number of rotatable bonds is 8. The third-order valence-corrected chi connectivity index (χ3v) is 6.09. The van der Waals surface area contributed by atoms with E-state index in [9.17, 15) is 9.59 Å². The Hall–Kier alpha value is -2.94. The molecule has 2 aromatic carbocycles. The quantitative estimate of drug-likeness (QED) is 0.637. The number of nitrogens with zero attached hydrogens (tertiary/aromatic N) is 2. The largest absolute Gasteiger partial charge is 0.379 e. The first kappa shape index (κ1) is 23.2. The zero-order valence-electron chi connectivity index (χ0n) is 19.1. The second kappa shape index (κ2) is 11.3. The van der Waals surface area contributed by atoms with Crippen LogP contribution in [0.2, 0.25) is 0 Å². The molecular formula is C25H32N4O4. The fraction of sp³-hybridized carbons (Fsp3) is 0.440. The number of nitrogens with one attached hydrogen (secondary N) is 2. The normalized spacial score (nSPS) is 16.2. The van der Waals surface area contributed by atoms with Crippen molar-refractivity contribution in [2.75, 3.05) is 69.9 Å². The number of methoxy groups -OCH3 is 1. The summed E-state index contributed by atoms with van der Waals surface area (Å²) in [5.74, 6) is -0.393. The van der Waals surface area contributed by atoms with E-state index in [1.165, 1.54) is 18.2 Å². The molecule has 0 bridgehead atoms. The minimum atomic E-state index is -0.254. The molecule has 176 valence electrons. The molecule has 4 rings (SSSR count). The van der Waals surface area contributed by atoms with Crippen molar-refractivity contribution >= 4 is 23.2 Å². The van der Waals surface area contributed by atoms with E-state index in [-0.39, 0.29) is 18.4 Å². The third kappa shape index (κ3) is 6.10. The lowest BCUT2D eigenvalue weighted by Gasteiger charge is -2.32. The molecule has 8 nitrogen and oxygen atoms in total. The first-order valence-electron chi connectivity index (χ1n) is 11.5. The van der Waals surface area contributed by atoms with Crippen molar-refractivity contribution in [2.45, 2.75) is 13.0 Å². The summed E-state index contributed by atoms with van der Waals surface area (Å²) in [5.41, 5.74) is 4.65. The molecule has 0 unspecified atom stereocenters. The third-order valence-electron chi connectivity index (χ3n) is 6.09. The Kier molecular flexibility index (Phi) is 7.93. The number of amides is 2. The Morgan fingerprint density at radius 2 is 1.85 bits per heavy atom. The Labute approximate surface area is 194 Å². The summed E-state index contributed by atoms with van der Waals surface area (Å²) in [5, 5.41) is 5.87. The number of hydrogen-bond acceptors (Lipinski definition) is 6. The van der Waals surface area contributed by atoms with Crippen molar-refractivity contribution < 1.29 is 19.1 Å². The summed E-state index contributed by atoms with van der Waals surface area (Å²) in [4.78, 5) is 29.8. The van der Waals surface area contributed by atoms with Crippen molar-refractivity contribution in [3.8, 4) is 0 Å². The van der Waals surface area contributed by atoms with Gasteiger partial charge in [0, 0.05) is 57.8 Å². The van der Waals surface area contributed by atoms with Crippen LogP contribution in [0.1, 0.15) is 21.5 Å². The van der Waals surface area contributed by atoms with Crippen LogP contribution in [0.15, 0.2) is 42.5 Å². The van der Waals surface area contributed by atoms with Gasteiger partial charge in [0.1, 0.15) is 6.61 Å². The Balaban J connectivity index is 1.51. The number of hydrogen-bond donors (Lipinski definition) is 2. The molecule has 1 fully saturated rings. The monoisotopic (exact) mass is 452 g/mol. The van der Waals surface area contributed by atoms with E-state index >= 15 is 0 Å². The SMILES string of the molecule is COCC(=O)Nc1ccc(N2CCc3ccccc3C2)c(C(=O)NCCN2CCOCC2)c1. The summed E-state index contributed by atoms with van der Waals surface area (Å²) in [6, 6.07) is 14.0. The Bertz CT molecular complexity index is 975. The molecule has 2 aliphatic rings. The van der Waals surface area contributed by atoms with Gasteiger partial charge in [-0.3, -0.25) is 14.5 Å². The maximum Gasteiger partial charge on any atom is 0.253 e. The second-order valence-corrected chi connectivity index (χ2v) is 8.36. The van der Waals surface area contributed by atoms with Gasteiger partial charge >= 0.3 is 0 Å². The molecule has 1 saturated heterocycles. The average Bonchev–Trinajstić information content (AvgIpc) is 2.84. The van der Waals surface area contributed by atoms with E-state index in [0.717, 1.165) is 58.0 Å². The Morgan fingerprint density at radius 3 is 2.64 bits per heavy atom. The van der Waals surface area contributed by atoms with Gasteiger partial charge < -0.3 is 25.0 Å². The maximum atomic E-state index is 13.2. The molecule has 0 spiro atoms. The first-order valence-corrected chi connectivity index (χ1v) is 11.5. The summed E-state index contributed by atoms with van der Waals surface area (Å²) in [6.07, 6.45) is 0.931. The maximum absolute atomic E-state index is 13.2. The second-order valence-electron chi connectivity index (χ2n) is 8.36. The van der Waals surface area contributed by atoms with Gasteiger partial charge in [-0.05, 0) is 35.7 Å². The highest BCUT2D eigenvalue weighted by Crippen LogP contribution is 2.29. The summed E-state index contributed by atoms with van der Waals surface area (Å²) in [7, 11) is 1.48. The van der Waals surface area contributed by atoms with Crippen LogP contribution in [-0.2, 0) is 27.2 Å². The lowest BCUT2D eigenvalue weighted by Crippen LogP contribution is -2.41. The average molecular weight is 453 g/mol. The highest BCUT2D eigenvalue weighted by Gasteiger charge is 2.22. The molecule has 2 aliphatic heterocycles. The van der Waals surface area contributed by atoms with Gasteiger partial charge in [0.05, 0.1) is 18.8 Å². The smallest absolute Gasteiger partial charge is 0.253 e. The van der Waals surface area contributed by atoms with Crippen molar-refractivity contribution in [2.24, 2.45) is 0 Å². The fourth-order valence-electron chi connectivity index (χ4n) is 4.35. The van der Waals surface area contributed by atoms with Crippen LogP contribution in [0.5, 0.6) is 0 Å². The van der Waals surface area contributed by atoms with E-state index in [4.69, 9.17) is 9.47 Å². The molecular weight excluding hydrogens is 420 g/mol. The molecule has 0 atom stereocenters. The van der Waals surface area contributed by atoms with Crippen LogP contribution in [0, 0.1) is 0 Å². The van der Waals surface area contributed by atoms with E-state index < -0.39 is 0 Å². The molecule has 2 aromatic rings. The number of morpholine rings is 1. The molecule has 0 radical (unpaired) electrons. The van der Waals surface area contributed by atoms with Crippen LogP contribution < -0.4 is 15.5 Å². The highest BCUT2D eigenvalue weighted by molar-refractivity contribution is 6.02. The number of ether oxygens (including phenoxy) is 2. The summed E-state index contributed by atoms with van der Waals surface area (Å²) < 4.78 is 10.3. The standard InChI is InChI=1S/C25H32N4O4/c1-32-18-24(30)27-21-6-7-23(29-10-8-19-4-2-3-5-20(19)17-29)22(16-21)25(31)26-9-11-28-12-14-33-15-13-28/h2-7,16H,8-15,17-18H2,1H3,(H,26,31)(H,27,30). The lowest BCUT2D eigenvalue weighted by atomic mass is 9.98.